The highest BCUT2D eigenvalue weighted by molar-refractivity contribution is 7.89. The van der Waals surface area contributed by atoms with Crippen molar-refractivity contribution >= 4 is 38.6 Å². The Morgan fingerprint density at radius 2 is 1.93 bits per heavy atom. The van der Waals surface area contributed by atoms with E-state index >= 15 is 0 Å². The molecule has 0 radical (unpaired) electrons. The highest BCUT2D eigenvalue weighted by Crippen LogP contribution is 2.26. The monoisotopic (exact) mass is 432 g/mol. The van der Waals surface area contributed by atoms with Gasteiger partial charge in [0.2, 0.25) is 10.0 Å². The number of benzene rings is 2. The zero-order valence-electron chi connectivity index (χ0n) is 15.9. The lowest BCUT2D eigenvalue weighted by Gasteiger charge is -2.17. The number of carbonyl (C=O) groups excluding carboxylic acids is 1. The van der Waals surface area contributed by atoms with Crippen LogP contribution in [-0.2, 0) is 10.0 Å². The number of rotatable bonds is 5. The molecule has 1 fully saturated rings. The first-order valence-corrected chi connectivity index (χ1v) is 11.2. The fourth-order valence-electron chi connectivity index (χ4n) is 3.44. The first-order valence-electron chi connectivity index (χ1n) is 9.41. The Bertz CT molecular complexity index is 1140. The number of para-hydroxylation sites is 2. The molecular weight excluding hydrogens is 412 g/mol. The average molecular weight is 433 g/mol. The van der Waals surface area contributed by atoms with Gasteiger partial charge in [0, 0.05) is 13.1 Å². The van der Waals surface area contributed by atoms with Gasteiger partial charge in [0.15, 0.2) is 0 Å². The van der Waals surface area contributed by atoms with Crippen LogP contribution in [0.2, 0.25) is 5.02 Å². The van der Waals surface area contributed by atoms with Gasteiger partial charge in [-0.15, -0.1) is 0 Å². The Balaban J connectivity index is 1.58. The maximum Gasteiger partial charge on any atom is 0.253 e. The first kappa shape index (κ1) is 19.9. The second-order valence-corrected chi connectivity index (χ2v) is 9.43. The van der Waals surface area contributed by atoms with E-state index in [1.165, 1.54) is 22.5 Å². The number of hydrogen-bond acceptors (Lipinski definition) is 4. The predicted octanol–water partition coefficient (Wildman–Crippen LogP) is 3.49. The van der Waals surface area contributed by atoms with Crippen molar-refractivity contribution in [3.63, 3.8) is 0 Å². The maximum atomic E-state index is 12.8. The van der Waals surface area contributed by atoms with Gasteiger partial charge in [-0.3, -0.25) is 4.79 Å². The van der Waals surface area contributed by atoms with Gasteiger partial charge >= 0.3 is 0 Å². The van der Waals surface area contributed by atoms with E-state index in [1.807, 2.05) is 24.3 Å². The summed E-state index contributed by atoms with van der Waals surface area (Å²) in [7, 11) is -3.63. The zero-order valence-corrected chi connectivity index (χ0v) is 17.4. The molecule has 1 saturated heterocycles. The summed E-state index contributed by atoms with van der Waals surface area (Å²) in [5.74, 6) is 0.151. The number of carbonyl (C=O) groups is 1. The van der Waals surface area contributed by atoms with Crippen molar-refractivity contribution in [2.24, 2.45) is 0 Å². The first-order chi connectivity index (χ1) is 13.9. The number of nitrogens with zero attached hydrogens (tertiary/aromatic N) is 2. The van der Waals surface area contributed by atoms with Crippen LogP contribution in [0.1, 0.15) is 42.0 Å². The Labute approximate surface area is 174 Å². The topological polar surface area (TPSA) is 95.2 Å². The van der Waals surface area contributed by atoms with Gasteiger partial charge < -0.3 is 10.3 Å². The van der Waals surface area contributed by atoms with E-state index in [-0.39, 0.29) is 15.5 Å². The highest BCUT2D eigenvalue weighted by atomic mass is 35.5. The summed E-state index contributed by atoms with van der Waals surface area (Å²) in [6.45, 7) is 2.79. The molecule has 1 atom stereocenters. The van der Waals surface area contributed by atoms with E-state index < -0.39 is 22.0 Å². The van der Waals surface area contributed by atoms with Gasteiger partial charge in [-0.05, 0) is 50.1 Å². The number of amides is 1. The van der Waals surface area contributed by atoms with E-state index in [0.29, 0.717) is 18.9 Å². The Morgan fingerprint density at radius 1 is 1.21 bits per heavy atom. The minimum absolute atomic E-state index is 0.0744. The summed E-state index contributed by atoms with van der Waals surface area (Å²) in [4.78, 5) is 20.6. The SMILES string of the molecule is C[C@H](NC(=O)c1cc(S(=O)(=O)N2CCCC2)ccc1Cl)c1nc2ccccc2[nH]1. The molecule has 1 aliphatic rings. The van der Waals surface area contributed by atoms with Crippen LogP contribution < -0.4 is 5.32 Å². The number of halogens is 1. The molecule has 2 aromatic carbocycles. The number of nitrogens with one attached hydrogen (secondary N) is 2. The molecule has 0 aliphatic carbocycles. The molecule has 7 nitrogen and oxygen atoms in total. The van der Waals surface area contributed by atoms with Crippen molar-refractivity contribution in [1.29, 1.82) is 0 Å². The molecule has 0 bridgehead atoms. The minimum Gasteiger partial charge on any atom is -0.342 e. The third-order valence-corrected chi connectivity index (χ3v) is 7.27. The number of fused-ring (bicyclic) bond motifs is 1. The summed E-state index contributed by atoms with van der Waals surface area (Å²) in [5, 5.41) is 3.03. The minimum atomic E-state index is -3.63. The molecule has 9 heteroatoms. The third-order valence-electron chi connectivity index (χ3n) is 5.05. The summed E-state index contributed by atoms with van der Waals surface area (Å²) >= 11 is 6.20. The van der Waals surface area contributed by atoms with Crippen molar-refractivity contribution in [2.75, 3.05) is 13.1 Å². The second kappa shape index (κ2) is 7.78. The number of H-pyrrole nitrogens is 1. The van der Waals surface area contributed by atoms with Gasteiger partial charge in [0.1, 0.15) is 5.82 Å². The molecule has 0 saturated carbocycles. The molecule has 4 rings (SSSR count). The lowest BCUT2D eigenvalue weighted by atomic mass is 10.2. The smallest absolute Gasteiger partial charge is 0.253 e. The molecule has 152 valence electrons. The number of imidazole rings is 1. The molecule has 1 aliphatic heterocycles. The fraction of sp³-hybridized carbons (Fsp3) is 0.300. The van der Waals surface area contributed by atoms with E-state index in [1.54, 1.807) is 6.92 Å². The lowest BCUT2D eigenvalue weighted by Crippen LogP contribution is -2.29. The van der Waals surface area contributed by atoms with Crippen LogP contribution in [0.25, 0.3) is 11.0 Å². The molecule has 3 aromatic rings. The van der Waals surface area contributed by atoms with E-state index in [0.717, 1.165) is 23.9 Å². The number of aromatic amines is 1. The molecule has 2 heterocycles. The van der Waals surface area contributed by atoms with Gasteiger partial charge in [0.25, 0.3) is 5.91 Å². The van der Waals surface area contributed by atoms with E-state index in [2.05, 4.69) is 15.3 Å². The second-order valence-electron chi connectivity index (χ2n) is 7.09. The zero-order chi connectivity index (χ0) is 20.6. The van der Waals surface area contributed by atoms with Gasteiger partial charge in [-0.25, -0.2) is 13.4 Å². The molecule has 1 aromatic heterocycles. The molecule has 0 spiro atoms. The van der Waals surface area contributed by atoms with Crippen LogP contribution >= 0.6 is 11.6 Å². The highest BCUT2D eigenvalue weighted by Gasteiger charge is 2.28. The molecule has 0 unspecified atom stereocenters. The van der Waals surface area contributed by atoms with Crippen LogP contribution in [0.5, 0.6) is 0 Å². The normalized spacial score (nSPS) is 16.2. The standard InChI is InChI=1S/C20H21ClN4O3S/c1-13(19-23-17-6-2-3-7-18(17)24-19)22-20(26)15-12-14(8-9-16(15)21)29(27,28)25-10-4-5-11-25/h2-3,6-9,12-13H,4-5,10-11H2,1H3,(H,22,26)(H,23,24)/t13-/m0/s1. The van der Waals surface area contributed by atoms with Crippen molar-refractivity contribution in [3.05, 3.63) is 58.9 Å². The van der Waals surface area contributed by atoms with Crippen molar-refractivity contribution in [3.8, 4) is 0 Å². The number of hydrogen-bond donors (Lipinski definition) is 2. The largest absolute Gasteiger partial charge is 0.342 e. The Hall–Kier alpha value is -2.42. The fourth-order valence-corrected chi connectivity index (χ4v) is 5.18. The van der Waals surface area contributed by atoms with E-state index in [4.69, 9.17) is 11.6 Å². The van der Waals surface area contributed by atoms with Crippen LogP contribution in [-0.4, -0.2) is 41.7 Å². The average Bonchev–Trinajstić information content (AvgIpc) is 3.38. The molecule has 2 N–H and O–H groups in total. The van der Waals surface area contributed by atoms with Crippen molar-refractivity contribution in [1.82, 2.24) is 19.6 Å². The van der Waals surface area contributed by atoms with Crippen LogP contribution in [0, 0.1) is 0 Å². The van der Waals surface area contributed by atoms with Crippen LogP contribution in [0.4, 0.5) is 0 Å². The molecule has 1 amide bonds. The summed E-state index contributed by atoms with van der Waals surface area (Å²) < 4.78 is 27.0. The van der Waals surface area contributed by atoms with Crippen molar-refractivity contribution < 1.29 is 13.2 Å². The van der Waals surface area contributed by atoms with Gasteiger partial charge in [0.05, 0.1) is 32.6 Å². The summed E-state index contributed by atoms with van der Waals surface area (Å²) in [6, 6.07) is 11.4. The summed E-state index contributed by atoms with van der Waals surface area (Å²) in [6.07, 6.45) is 1.68. The lowest BCUT2D eigenvalue weighted by molar-refractivity contribution is 0.0938. The molecule has 29 heavy (non-hydrogen) atoms. The Morgan fingerprint density at radius 3 is 2.66 bits per heavy atom. The third kappa shape index (κ3) is 3.88. The van der Waals surface area contributed by atoms with E-state index in [9.17, 15) is 13.2 Å². The molecular formula is C20H21ClN4O3S. The number of sulfonamides is 1. The van der Waals surface area contributed by atoms with Gasteiger partial charge in [-0.1, -0.05) is 23.7 Å². The quantitative estimate of drug-likeness (QED) is 0.645. The number of aromatic nitrogens is 2. The van der Waals surface area contributed by atoms with Gasteiger partial charge in [-0.2, -0.15) is 4.31 Å². The van der Waals surface area contributed by atoms with Crippen LogP contribution in [0.15, 0.2) is 47.4 Å². The Kier molecular flexibility index (Phi) is 5.33. The maximum absolute atomic E-state index is 12.8. The predicted molar refractivity (Wildman–Crippen MR) is 111 cm³/mol. The summed E-state index contributed by atoms with van der Waals surface area (Å²) in [5.41, 5.74) is 1.80. The van der Waals surface area contributed by atoms with Crippen molar-refractivity contribution in [2.45, 2.75) is 30.7 Å². The van der Waals surface area contributed by atoms with Crippen LogP contribution in [0.3, 0.4) is 0 Å².